The molecular weight excluding hydrogens is 222 g/mol. The second-order valence-corrected chi connectivity index (χ2v) is 5.06. The lowest BCUT2D eigenvalue weighted by Gasteiger charge is -2.33. The van der Waals surface area contributed by atoms with E-state index in [1.807, 2.05) is 0 Å². The van der Waals surface area contributed by atoms with E-state index < -0.39 is 0 Å². The first kappa shape index (κ1) is 11.9. The molecule has 0 spiro atoms. The smallest absolute Gasteiger partial charge is 0.225 e. The maximum Gasteiger partial charge on any atom is 0.225 e. The molecule has 1 heterocycles. The van der Waals surface area contributed by atoms with Gasteiger partial charge in [0.05, 0.1) is 0 Å². The molecule has 1 aliphatic rings. The van der Waals surface area contributed by atoms with Crippen LogP contribution in [-0.4, -0.2) is 14.8 Å². The number of aromatic nitrogens is 3. The summed E-state index contributed by atoms with van der Waals surface area (Å²) in [5.41, 5.74) is 0.110. The monoisotopic (exact) mass is 241 g/mol. The third-order valence-electron chi connectivity index (χ3n) is 4.04. The van der Waals surface area contributed by atoms with E-state index in [9.17, 15) is 0 Å². The molecule has 16 heavy (non-hydrogen) atoms. The Morgan fingerprint density at radius 3 is 2.19 bits per heavy atom. The molecule has 0 N–H and O–H groups in total. The lowest BCUT2D eigenvalue weighted by molar-refractivity contribution is 0.243. The van der Waals surface area contributed by atoms with Gasteiger partial charge in [0.15, 0.2) is 0 Å². The molecule has 4 heteroatoms. The largest absolute Gasteiger partial charge is 0.295 e. The highest BCUT2D eigenvalue weighted by atomic mass is 35.5. The summed E-state index contributed by atoms with van der Waals surface area (Å²) in [6, 6.07) is 0. The zero-order valence-corrected chi connectivity index (χ0v) is 11.1. The van der Waals surface area contributed by atoms with Gasteiger partial charge in [0, 0.05) is 11.5 Å². The van der Waals surface area contributed by atoms with Crippen LogP contribution in [0.15, 0.2) is 0 Å². The second-order valence-electron chi connectivity index (χ2n) is 4.72. The van der Waals surface area contributed by atoms with Crippen molar-refractivity contribution in [3.63, 3.8) is 0 Å². The highest BCUT2D eigenvalue weighted by molar-refractivity contribution is 6.28. The van der Waals surface area contributed by atoms with Crippen LogP contribution in [0.5, 0.6) is 0 Å². The maximum atomic E-state index is 6.23. The molecule has 1 aromatic heterocycles. The normalized spacial score (nSPS) is 16.8. The molecule has 3 nitrogen and oxygen atoms in total. The van der Waals surface area contributed by atoms with Gasteiger partial charge in [-0.05, 0) is 43.7 Å². The van der Waals surface area contributed by atoms with E-state index in [0.717, 1.165) is 25.1 Å². The Hall–Kier alpha value is -0.570. The fourth-order valence-corrected chi connectivity index (χ4v) is 2.85. The van der Waals surface area contributed by atoms with Crippen molar-refractivity contribution >= 4 is 11.6 Å². The van der Waals surface area contributed by atoms with Crippen LogP contribution in [0.1, 0.15) is 64.6 Å². The molecule has 0 aliphatic heterocycles. The van der Waals surface area contributed by atoms with Crippen molar-refractivity contribution in [2.45, 2.75) is 64.3 Å². The maximum absolute atomic E-state index is 6.23. The molecule has 1 aliphatic carbocycles. The van der Waals surface area contributed by atoms with E-state index in [1.54, 1.807) is 0 Å². The Bertz CT molecular complexity index is 356. The minimum atomic E-state index is 0.110. The summed E-state index contributed by atoms with van der Waals surface area (Å²) in [5, 5.41) is 8.90. The molecular formula is C12H20ClN3. The van der Waals surface area contributed by atoms with E-state index in [0.29, 0.717) is 11.2 Å². The fourth-order valence-electron chi connectivity index (χ4n) is 2.55. The number of nitrogens with zero attached hydrogens (tertiary/aromatic N) is 3. The standard InChI is InChI=1S/C12H20ClN3/c1-4-12(5-2,6-3)16-10(9-7-8-9)14-15-11(16)13/h9H,4-8H2,1-3H3. The number of hydrogen-bond donors (Lipinski definition) is 0. The molecule has 0 radical (unpaired) electrons. The molecule has 90 valence electrons. The van der Waals surface area contributed by atoms with Crippen molar-refractivity contribution in [3.05, 3.63) is 11.1 Å². The van der Waals surface area contributed by atoms with Gasteiger partial charge in [-0.1, -0.05) is 20.8 Å². The summed E-state index contributed by atoms with van der Waals surface area (Å²) >= 11 is 6.23. The zero-order chi connectivity index (χ0) is 11.8. The molecule has 0 unspecified atom stereocenters. The molecule has 0 atom stereocenters. The van der Waals surface area contributed by atoms with Crippen LogP contribution in [0.3, 0.4) is 0 Å². The van der Waals surface area contributed by atoms with Gasteiger partial charge < -0.3 is 0 Å². The summed E-state index contributed by atoms with van der Waals surface area (Å²) in [4.78, 5) is 0. The van der Waals surface area contributed by atoms with Crippen molar-refractivity contribution in [3.8, 4) is 0 Å². The quantitative estimate of drug-likeness (QED) is 0.787. The van der Waals surface area contributed by atoms with Crippen molar-refractivity contribution in [1.29, 1.82) is 0 Å². The lowest BCUT2D eigenvalue weighted by atomic mass is 9.89. The summed E-state index contributed by atoms with van der Waals surface area (Å²) in [6.45, 7) is 6.67. The highest BCUT2D eigenvalue weighted by Crippen LogP contribution is 2.43. The molecule has 1 aromatic rings. The number of halogens is 1. The first-order valence-electron chi connectivity index (χ1n) is 6.29. The van der Waals surface area contributed by atoms with Crippen LogP contribution in [0.4, 0.5) is 0 Å². The highest BCUT2D eigenvalue weighted by Gasteiger charge is 2.37. The summed E-state index contributed by atoms with van der Waals surface area (Å²) in [6.07, 6.45) is 5.72. The van der Waals surface area contributed by atoms with Gasteiger partial charge in [-0.15, -0.1) is 10.2 Å². The lowest BCUT2D eigenvalue weighted by Crippen LogP contribution is -2.33. The SMILES string of the molecule is CCC(CC)(CC)n1c(Cl)nnc1C1CC1. The molecule has 0 bridgehead atoms. The third-order valence-corrected chi connectivity index (χ3v) is 4.28. The van der Waals surface area contributed by atoms with Gasteiger partial charge in [0.25, 0.3) is 0 Å². The fraction of sp³-hybridized carbons (Fsp3) is 0.833. The minimum absolute atomic E-state index is 0.110. The first-order chi connectivity index (χ1) is 7.68. The summed E-state index contributed by atoms with van der Waals surface area (Å²) in [7, 11) is 0. The predicted molar refractivity (Wildman–Crippen MR) is 65.9 cm³/mol. The van der Waals surface area contributed by atoms with Gasteiger partial charge in [-0.3, -0.25) is 4.57 Å². The Morgan fingerprint density at radius 2 is 1.75 bits per heavy atom. The summed E-state index contributed by atoms with van der Waals surface area (Å²) < 4.78 is 2.20. The second kappa shape index (κ2) is 4.36. The van der Waals surface area contributed by atoms with E-state index in [1.165, 1.54) is 12.8 Å². The first-order valence-corrected chi connectivity index (χ1v) is 6.67. The Morgan fingerprint density at radius 1 is 1.19 bits per heavy atom. The van der Waals surface area contributed by atoms with Crippen LogP contribution in [0, 0.1) is 0 Å². The van der Waals surface area contributed by atoms with Gasteiger partial charge in [-0.2, -0.15) is 0 Å². The average Bonchev–Trinajstić information content (AvgIpc) is 3.08. The average molecular weight is 242 g/mol. The number of rotatable bonds is 5. The van der Waals surface area contributed by atoms with Gasteiger partial charge in [0.2, 0.25) is 5.28 Å². The van der Waals surface area contributed by atoms with Gasteiger partial charge in [0.1, 0.15) is 5.82 Å². The Kier molecular flexibility index (Phi) is 3.24. The van der Waals surface area contributed by atoms with Gasteiger partial charge >= 0.3 is 0 Å². The third kappa shape index (κ3) is 1.75. The zero-order valence-electron chi connectivity index (χ0n) is 10.3. The van der Waals surface area contributed by atoms with Crippen molar-refractivity contribution in [2.75, 3.05) is 0 Å². The molecule has 1 fully saturated rings. The van der Waals surface area contributed by atoms with E-state index >= 15 is 0 Å². The molecule has 2 rings (SSSR count). The Labute approximate surface area is 102 Å². The van der Waals surface area contributed by atoms with Crippen LogP contribution in [-0.2, 0) is 5.54 Å². The number of hydrogen-bond acceptors (Lipinski definition) is 2. The van der Waals surface area contributed by atoms with Crippen LogP contribution in [0.2, 0.25) is 5.28 Å². The van der Waals surface area contributed by atoms with E-state index in [4.69, 9.17) is 11.6 Å². The predicted octanol–water partition coefficient (Wildman–Crippen LogP) is 3.73. The topological polar surface area (TPSA) is 30.7 Å². The van der Waals surface area contributed by atoms with Crippen LogP contribution < -0.4 is 0 Å². The minimum Gasteiger partial charge on any atom is -0.295 e. The molecule has 1 saturated carbocycles. The summed E-state index contributed by atoms with van der Waals surface area (Å²) in [5.74, 6) is 1.71. The molecule has 0 amide bonds. The van der Waals surface area contributed by atoms with Crippen molar-refractivity contribution in [1.82, 2.24) is 14.8 Å². The molecule has 0 saturated heterocycles. The van der Waals surface area contributed by atoms with Gasteiger partial charge in [-0.25, -0.2) is 0 Å². The van der Waals surface area contributed by atoms with Crippen LogP contribution in [0.25, 0.3) is 0 Å². The van der Waals surface area contributed by atoms with Crippen LogP contribution >= 0.6 is 11.6 Å². The van der Waals surface area contributed by atoms with E-state index in [2.05, 4.69) is 35.5 Å². The van der Waals surface area contributed by atoms with Crippen molar-refractivity contribution < 1.29 is 0 Å². The van der Waals surface area contributed by atoms with Crippen molar-refractivity contribution in [2.24, 2.45) is 0 Å². The van der Waals surface area contributed by atoms with E-state index in [-0.39, 0.29) is 5.54 Å². The Balaban J connectivity index is 2.46. The molecule has 0 aromatic carbocycles.